The third-order valence-electron chi connectivity index (χ3n) is 15.9. The van der Waals surface area contributed by atoms with Crippen LogP contribution < -0.4 is 21.3 Å². The molecule has 8 rings (SSSR count). The second kappa shape index (κ2) is 26.7. The van der Waals surface area contributed by atoms with Crippen molar-refractivity contribution in [2.24, 2.45) is 23.0 Å². The Labute approximate surface area is 480 Å². The molecule has 20 nitrogen and oxygen atoms in total. The number of H-pyrrole nitrogens is 1. The summed E-state index contributed by atoms with van der Waals surface area (Å²) in [5.41, 5.74) is 11.0. The monoisotopic (exact) mass is 1160 g/mol. The molecule has 5 amide bonds. The van der Waals surface area contributed by atoms with Gasteiger partial charge in [-0.2, -0.15) is 0 Å². The van der Waals surface area contributed by atoms with Crippen LogP contribution in [0.2, 0.25) is 0 Å². The van der Waals surface area contributed by atoms with E-state index in [0.29, 0.717) is 55.3 Å². The van der Waals surface area contributed by atoms with Crippen LogP contribution >= 0.6 is 18.9 Å². The van der Waals surface area contributed by atoms with E-state index < -0.39 is 72.2 Å². The Morgan fingerprint density at radius 1 is 0.927 bits per heavy atom. The van der Waals surface area contributed by atoms with Gasteiger partial charge in [0.05, 0.1) is 46.2 Å². The average molecular weight is 1160 g/mol. The Balaban J connectivity index is 0.777. The highest BCUT2D eigenvalue weighted by Crippen LogP contribution is 2.42. The first-order valence-electron chi connectivity index (χ1n) is 28.1. The zero-order valence-electron chi connectivity index (χ0n) is 46.8. The number of nitrogens with zero attached hydrogens (tertiary/aromatic N) is 3. The van der Waals surface area contributed by atoms with Crippen molar-refractivity contribution >= 4 is 82.1 Å². The number of aliphatic hydroxyl groups is 1. The maximum Gasteiger partial charge on any atom is 0.396 e. The third kappa shape index (κ3) is 15.1. The number of thiazole rings is 1. The van der Waals surface area contributed by atoms with Crippen LogP contribution in [0.1, 0.15) is 141 Å². The zero-order chi connectivity index (χ0) is 59.0. The maximum absolute atomic E-state index is 14.5. The van der Waals surface area contributed by atoms with Gasteiger partial charge in [0.2, 0.25) is 29.5 Å². The van der Waals surface area contributed by atoms with Crippen molar-refractivity contribution in [3.63, 3.8) is 0 Å². The van der Waals surface area contributed by atoms with Crippen LogP contribution in [0, 0.1) is 24.2 Å². The van der Waals surface area contributed by atoms with Gasteiger partial charge in [0.25, 0.3) is 5.52 Å². The van der Waals surface area contributed by atoms with Crippen LogP contribution in [-0.2, 0) is 57.5 Å². The smallest absolute Gasteiger partial charge is 0.391 e. The van der Waals surface area contributed by atoms with E-state index in [0.717, 1.165) is 52.1 Å². The number of primary amides is 1. The van der Waals surface area contributed by atoms with E-state index in [9.17, 15) is 57.8 Å². The van der Waals surface area contributed by atoms with Gasteiger partial charge >= 0.3 is 7.60 Å². The molecule has 0 bridgehead atoms. The maximum atomic E-state index is 14.5. The van der Waals surface area contributed by atoms with Gasteiger partial charge in [-0.05, 0) is 91.0 Å². The summed E-state index contributed by atoms with van der Waals surface area (Å²) in [6.07, 6.45) is 4.35. The van der Waals surface area contributed by atoms with E-state index in [1.165, 1.54) is 34.1 Å². The van der Waals surface area contributed by atoms with Crippen molar-refractivity contribution in [3.8, 4) is 10.4 Å². The van der Waals surface area contributed by atoms with Crippen LogP contribution in [0.15, 0.2) is 72.2 Å². The molecule has 0 spiro atoms. The van der Waals surface area contributed by atoms with Crippen molar-refractivity contribution in [1.82, 2.24) is 25.5 Å². The van der Waals surface area contributed by atoms with E-state index in [4.69, 9.17) is 10.5 Å². The molecule has 3 aliphatic rings. The number of ketones is 2. The van der Waals surface area contributed by atoms with Crippen LogP contribution in [0.4, 0.5) is 5.69 Å². The molecule has 1 fully saturated rings. The van der Waals surface area contributed by atoms with Crippen LogP contribution in [0.25, 0.3) is 21.3 Å². The van der Waals surface area contributed by atoms with Crippen LogP contribution in [-0.4, -0.2) is 120 Å². The molecule has 82 heavy (non-hydrogen) atoms. The molecule has 438 valence electrons. The number of hydrogen-bond donors (Lipinski definition) is 7. The number of hydrogen-bond acceptors (Lipinski definition) is 13. The van der Waals surface area contributed by atoms with Gasteiger partial charge in [-0.25, -0.2) is 4.98 Å². The number of likely N-dealkylation sites (tertiary alicyclic amines) is 1. The minimum absolute atomic E-state index is 0.0128. The molecule has 2 aromatic heterocycles. The number of nitrogens with one attached hydrogen (secondary N) is 3. The number of aromatic nitrogens is 2. The summed E-state index contributed by atoms with van der Waals surface area (Å²) in [5, 5.41) is 17.0. The number of benzene rings is 3. The fraction of sp³-hybridized carbons (Fsp3) is 0.483. The molecule has 8 N–H and O–H groups in total. The number of β-amino-alcohol motifs (C(OH)–C–C–N with tert-alkyl or cyclic N) is 1. The fourth-order valence-electron chi connectivity index (χ4n) is 11.4. The standard InChI is InChI=1S/C60H74N7O13PS/c1-35-54(82-34-63-35)38-16-14-36(15-17-38)31-62-55(72)49-30-45(69)32-66(49)58(75)46(60(2,3)4)29-44(68)13-8-6-5-7-9-24-80-33-43(21-23-52(61)71)64-56(73)50-27-39-12-10-11-37-18-19-40(57(74)67(50)53(37)39)28-51(70)48-26-42-25-41(20-22-47(42)65-48)59(76)81(77,78)79/h10-12,14-17,20,22,25-26,34,40,43,45-46,49-50,65,69H,5-9,13,18-19,21,23-24,27-33H2,1-4H3,(H2,61,71)(H,62,72)(H,64,73)(H2,77,78,79)/t40-,43+,45-,46-,49+,50+/m1/s1. The first kappa shape index (κ1) is 61.3. The average Bonchev–Trinajstić information content (AvgIpc) is 3.91. The number of unbranched alkanes of at least 4 members (excludes halogenated alkanes) is 4. The number of carbonyl (C=O) groups is 8. The summed E-state index contributed by atoms with van der Waals surface area (Å²) >= 11 is 1.56. The lowest BCUT2D eigenvalue weighted by atomic mass is 9.76. The van der Waals surface area contributed by atoms with Crippen molar-refractivity contribution in [1.29, 1.82) is 0 Å². The highest BCUT2D eigenvalue weighted by molar-refractivity contribution is 7.70. The Bertz CT molecular complexity index is 3250. The zero-order valence-corrected chi connectivity index (χ0v) is 48.5. The minimum Gasteiger partial charge on any atom is -0.391 e. The lowest BCUT2D eigenvalue weighted by Gasteiger charge is -2.34. The summed E-state index contributed by atoms with van der Waals surface area (Å²) < 4.78 is 17.6. The van der Waals surface area contributed by atoms with E-state index in [1.807, 2.05) is 70.2 Å². The van der Waals surface area contributed by atoms with Gasteiger partial charge < -0.3 is 45.9 Å². The van der Waals surface area contributed by atoms with Gasteiger partial charge in [-0.1, -0.05) is 82.5 Å². The van der Waals surface area contributed by atoms with E-state index in [2.05, 4.69) is 20.6 Å². The number of aliphatic hydroxyl groups excluding tert-OH is 1. The summed E-state index contributed by atoms with van der Waals surface area (Å²) in [5.74, 6) is -3.96. The number of fused-ring (bicyclic) bond motifs is 1. The lowest BCUT2D eigenvalue weighted by Crippen LogP contribution is -2.52. The van der Waals surface area contributed by atoms with Crippen LogP contribution in [0.5, 0.6) is 0 Å². The van der Waals surface area contributed by atoms with Crippen molar-refractivity contribution in [3.05, 3.63) is 106 Å². The second-order valence-corrected chi connectivity index (χ2v) is 25.4. The number of carbonyl (C=O) groups excluding carboxylic acids is 8. The molecular weight excluding hydrogens is 1090 g/mol. The number of aromatic amines is 1. The molecule has 3 aliphatic heterocycles. The number of ether oxygens (including phenoxy) is 1. The van der Waals surface area contributed by atoms with Gasteiger partial charge in [0.15, 0.2) is 5.78 Å². The number of Topliss-reactive ketones (excluding diaryl/α,β-unsaturated/α-hetero) is 2. The molecule has 5 heterocycles. The lowest BCUT2D eigenvalue weighted by molar-refractivity contribution is -0.146. The Morgan fingerprint density at radius 2 is 1.66 bits per heavy atom. The first-order valence-corrected chi connectivity index (χ1v) is 30.6. The molecule has 0 radical (unpaired) electrons. The summed E-state index contributed by atoms with van der Waals surface area (Å²) in [7, 11) is -5.03. The number of rotatable bonds is 27. The topological polar surface area (TPSA) is 309 Å². The predicted octanol–water partition coefficient (Wildman–Crippen LogP) is 7.02. The molecule has 22 heteroatoms. The number of amides is 5. The molecule has 0 aliphatic carbocycles. The SMILES string of the molecule is Cc1ncsc1-c1ccc(CNC(=O)[C@@H]2C[C@@H](O)CN2C(=O)[C@@H](CC(=O)CCCCCCCOC[C@H](CCC(N)=O)NC(=O)[C@@H]2Cc3cccc4c3N2C(=O)[C@@H](CC(=O)c2cc3cc(C(=O)P(=O)(O)O)ccc3[nH]2)CC4)C(C)(C)C)cc1. The molecule has 0 unspecified atom stereocenters. The number of nitrogens with two attached hydrogens (primary N) is 1. The molecular formula is C60H74N7O13PS. The van der Waals surface area contributed by atoms with Gasteiger partial charge in [0, 0.05) is 86.5 Å². The number of aryl methyl sites for hydroxylation is 2. The molecule has 5 aromatic rings. The van der Waals surface area contributed by atoms with Gasteiger partial charge in [-0.3, -0.25) is 47.8 Å². The minimum atomic E-state index is -5.03. The van der Waals surface area contributed by atoms with Crippen molar-refractivity contribution in [2.75, 3.05) is 24.7 Å². The van der Waals surface area contributed by atoms with E-state index >= 15 is 0 Å². The number of para-hydroxylation sites is 1. The van der Waals surface area contributed by atoms with Gasteiger partial charge in [0.1, 0.15) is 17.9 Å². The second-order valence-electron chi connectivity index (χ2n) is 23.1. The highest BCUT2D eigenvalue weighted by Gasteiger charge is 2.46. The largest absolute Gasteiger partial charge is 0.396 e. The molecule has 6 atom stereocenters. The Hall–Kier alpha value is -6.74. The molecule has 3 aromatic carbocycles. The normalized spacial score (nSPS) is 18.7. The van der Waals surface area contributed by atoms with E-state index in [-0.39, 0.29) is 93.0 Å². The van der Waals surface area contributed by atoms with Crippen LogP contribution in [0.3, 0.4) is 0 Å². The highest BCUT2D eigenvalue weighted by atomic mass is 32.1. The number of anilines is 1. The van der Waals surface area contributed by atoms with Crippen molar-refractivity contribution < 1.29 is 62.6 Å². The fourth-order valence-corrected chi connectivity index (χ4v) is 12.6. The quantitative estimate of drug-likeness (QED) is 0.0158. The Morgan fingerprint density at radius 3 is 2.37 bits per heavy atom. The van der Waals surface area contributed by atoms with Crippen molar-refractivity contribution in [2.45, 2.75) is 148 Å². The predicted molar refractivity (Wildman–Crippen MR) is 309 cm³/mol. The Kier molecular flexibility index (Phi) is 19.9. The van der Waals surface area contributed by atoms with E-state index in [1.54, 1.807) is 16.8 Å². The first-order chi connectivity index (χ1) is 39.0. The third-order valence-corrected chi connectivity index (χ3v) is 17.7. The summed E-state index contributed by atoms with van der Waals surface area (Å²) in [6.45, 7) is 8.39. The van der Waals surface area contributed by atoms with Gasteiger partial charge in [-0.15, -0.1) is 11.3 Å². The summed E-state index contributed by atoms with van der Waals surface area (Å²) in [4.78, 5) is 138. The summed E-state index contributed by atoms with van der Waals surface area (Å²) in [6, 6.07) is 16.6. The molecule has 0 saturated carbocycles. The molecule has 1 saturated heterocycles.